The van der Waals surface area contributed by atoms with Crippen LogP contribution in [0.1, 0.15) is 20.3 Å². The van der Waals surface area contributed by atoms with Crippen molar-refractivity contribution >= 4 is 5.84 Å². The Morgan fingerprint density at radius 1 is 1.64 bits per heavy atom. The summed E-state index contributed by atoms with van der Waals surface area (Å²) in [6.45, 7) is 4.17. The Hall–Kier alpha value is -1.05. The Balaban J connectivity index is 2.86. The fraction of sp³-hybridized carbons (Fsp3) is 0.444. The molecule has 1 rings (SSSR count). The number of aliphatic imine (C=N–C) groups is 1. The number of allylic oxidation sites excluding steroid dienone is 2. The van der Waals surface area contributed by atoms with Crippen LogP contribution >= 0.6 is 0 Å². The van der Waals surface area contributed by atoms with Crippen molar-refractivity contribution in [1.82, 2.24) is 5.32 Å². The molecule has 0 atom stereocenters. The Kier molecular flexibility index (Phi) is 2.47. The zero-order valence-corrected chi connectivity index (χ0v) is 7.31. The van der Waals surface area contributed by atoms with Crippen LogP contribution in [-0.2, 0) is 0 Å². The third-order valence-electron chi connectivity index (χ3n) is 1.61. The van der Waals surface area contributed by atoms with E-state index in [1.807, 2.05) is 6.92 Å². The van der Waals surface area contributed by atoms with Gasteiger partial charge < -0.3 is 5.32 Å². The monoisotopic (exact) mass is 150 g/mol. The maximum atomic E-state index is 4.12. The number of rotatable bonds is 1. The zero-order valence-electron chi connectivity index (χ0n) is 7.31. The van der Waals surface area contributed by atoms with E-state index in [2.05, 4.69) is 29.4 Å². The molecule has 60 valence electrons. The van der Waals surface area contributed by atoms with Crippen LogP contribution in [0.15, 0.2) is 28.4 Å². The molecule has 0 unspecified atom stereocenters. The molecular formula is C9H14N2. The molecule has 0 aromatic heterocycles. The first kappa shape index (κ1) is 8.05. The highest BCUT2D eigenvalue weighted by Crippen LogP contribution is 2.11. The van der Waals surface area contributed by atoms with Crippen molar-refractivity contribution < 1.29 is 0 Å². The molecule has 0 aromatic rings. The average molecular weight is 150 g/mol. The fourth-order valence-electron chi connectivity index (χ4n) is 1.16. The molecule has 2 heteroatoms. The van der Waals surface area contributed by atoms with Gasteiger partial charge in [-0.2, -0.15) is 0 Å². The summed E-state index contributed by atoms with van der Waals surface area (Å²) in [4.78, 5) is 4.12. The lowest BCUT2D eigenvalue weighted by Crippen LogP contribution is -2.15. The van der Waals surface area contributed by atoms with E-state index in [1.165, 1.54) is 11.3 Å². The first-order chi connectivity index (χ1) is 5.27. The standard InChI is InChI=1S/C9H14N2/c1-4-5-8-6-7(2)11-9(8)10-3/h5-6H,4H2,1-3H3,(H,10,11)/b8-5-. The van der Waals surface area contributed by atoms with Crippen LogP contribution in [0.25, 0.3) is 0 Å². The molecule has 11 heavy (non-hydrogen) atoms. The molecular weight excluding hydrogens is 136 g/mol. The molecule has 1 N–H and O–H groups in total. The van der Waals surface area contributed by atoms with Crippen LogP contribution in [0.2, 0.25) is 0 Å². The molecule has 0 bridgehead atoms. The van der Waals surface area contributed by atoms with E-state index in [4.69, 9.17) is 0 Å². The number of nitrogens with one attached hydrogen (secondary N) is 1. The molecule has 0 radical (unpaired) electrons. The Bertz CT molecular complexity index is 234. The maximum Gasteiger partial charge on any atom is 0.131 e. The molecule has 0 aliphatic carbocycles. The van der Waals surface area contributed by atoms with E-state index in [1.54, 1.807) is 7.05 Å². The lowest BCUT2D eigenvalue weighted by Gasteiger charge is -1.98. The Labute approximate surface area is 67.7 Å². The second kappa shape index (κ2) is 3.37. The highest BCUT2D eigenvalue weighted by molar-refractivity contribution is 6.04. The van der Waals surface area contributed by atoms with Gasteiger partial charge in [-0.25, -0.2) is 0 Å². The van der Waals surface area contributed by atoms with Crippen molar-refractivity contribution in [2.75, 3.05) is 7.05 Å². The van der Waals surface area contributed by atoms with Gasteiger partial charge in [-0.1, -0.05) is 13.0 Å². The highest BCUT2D eigenvalue weighted by atomic mass is 15.0. The van der Waals surface area contributed by atoms with E-state index in [9.17, 15) is 0 Å². The summed E-state index contributed by atoms with van der Waals surface area (Å²) in [5.74, 6) is 0.990. The minimum Gasteiger partial charge on any atom is -0.344 e. The van der Waals surface area contributed by atoms with Gasteiger partial charge in [0.05, 0.1) is 0 Å². The number of amidine groups is 1. The van der Waals surface area contributed by atoms with Crippen LogP contribution in [0.5, 0.6) is 0 Å². The summed E-state index contributed by atoms with van der Waals surface area (Å²) < 4.78 is 0. The molecule has 2 nitrogen and oxygen atoms in total. The first-order valence-electron chi connectivity index (χ1n) is 3.90. The van der Waals surface area contributed by atoms with Crippen molar-refractivity contribution in [2.45, 2.75) is 20.3 Å². The van der Waals surface area contributed by atoms with Gasteiger partial charge in [0.1, 0.15) is 5.84 Å². The molecule has 0 saturated heterocycles. The topological polar surface area (TPSA) is 24.4 Å². The summed E-state index contributed by atoms with van der Waals surface area (Å²) in [5.41, 5.74) is 2.39. The Morgan fingerprint density at radius 2 is 2.36 bits per heavy atom. The Morgan fingerprint density at radius 3 is 2.91 bits per heavy atom. The van der Waals surface area contributed by atoms with Crippen molar-refractivity contribution in [3.63, 3.8) is 0 Å². The van der Waals surface area contributed by atoms with Gasteiger partial charge in [0, 0.05) is 18.3 Å². The van der Waals surface area contributed by atoms with Gasteiger partial charge in [0.15, 0.2) is 0 Å². The molecule has 0 spiro atoms. The molecule has 1 heterocycles. The molecule has 0 fully saturated rings. The summed E-state index contributed by atoms with van der Waals surface area (Å²) in [6.07, 6.45) is 5.34. The number of nitrogens with zero attached hydrogens (tertiary/aromatic N) is 1. The van der Waals surface area contributed by atoms with Crippen molar-refractivity contribution in [3.8, 4) is 0 Å². The molecule has 0 saturated carbocycles. The van der Waals surface area contributed by atoms with Gasteiger partial charge in [-0.3, -0.25) is 4.99 Å². The minimum absolute atomic E-state index is 0.990. The van der Waals surface area contributed by atoms with Gasteiger partial charge in [-0.05, 0) is 19.4 Å². The third kappa shape index (κ3) is 1.70. The van der Waals surface area contributed by atoms with Crippen LogP contribution in [0.3, 0.4) is 0 Å². The van der Waals surface area contributed by atoms with E-state index in [0.717, 1.165) is 12.3 Å². The van der Waals surface area contributed by atoms with E-state index in [-0.39, 0.29) is 0 Å². The van der Waals surface area contributed by atoms with E-state index >= 15 is 0 Å². The first-order valence-corrected chi connectivity index (χ1v) is 3.90. The largest absolute Gasteiger partial charge is 0.344 e. The lowest BCUT2D eigenvalue weighted by atomic mass is 10.2. The lowest BCUT2D eigenvalue weighted by molar-refractivity contribution is 1.14. The molecule has 0 amide bonds. The molecule has 1 aliphatic heterocycles. The predicted molar refractivity (Wildman–Crippen MR) is 48.6 cm³/mol. The molecule has 1 aliphatic rings. The number of hydrogen-bond donors (Lipinski definition) is 1. The van der Waals surface area contributed by atoms with Crippen molar-refractivity contribution in [2.24, 2.45) is 4.99 Å². The minimum atomic E-state index is 0.990. The number of hydrogen-bond acceptors (Lipinski definition) is 1. The summed E-state index contributed by atoms with van der Waals surface area (Å²) >= 11 is 0. The summed E-state index contributed by atoms with van der Waals surface area (Å²) in [5, 5.41) is 3.18. The summed E-state index contributed by atoms with van der Waals surface area (Å²) in [7, 11) is 1.80. The van der Waals surface area contributed by atoms with Crippen LogP contribution < -0.4 is 5.32 Å². The van der Waals surface area contributed by atoms with Gasteiger partial charge in [0.25, 0.3) is 0 Å². The highest BCUT2D eigenvalue weighted by Gasteiger charge is 2.10. The fourth-order valence-corrected chi connectivity index (χ4v) is 1.16. The zero-order chi connectivity index (χ0) is 8.27. The van der Waals surface area contributed by atoms with Crippen LogP contribution in [0.4, 0.5) is 0 Å². The van der Waals surface area contributed by atoms with E-state index in [0.29, 0.717) is 0 Å². The normalized spacial score (nSPS) is 24.1. The smallest absolute Gasteiger partial charge is 0.131 e. The predicted octanol–water partition coefficient (Wildman–Crippen LogP) is 1.86. The van der Waals surface area contributed by atoms with E-state index < -0.39 is 0 Å². The van der Waals surface area contributed by atoms with Gasteiger partial charge >= 0.3 is 0 Å². The second-order valence-corrected chi connectivity index (χ2v) is 2.59. The third-order valence-corrected chi connectivity index (χ3v) is 1.61. The average Bonchev–Trinajstić information content (AvgIpc) is 2.32. The van der Waals surface area contributed by atoms with Crippen LogP contribution in [0, 0.1) is 0 Å². The van der Waals surface area contributed by atoms with Crippen molar-refractivity contribution in [1.29, 1.82) is 0 Å². The maximum absolute atomic E-state index is 4.12. The van der Waals surface area contributed by atoms with Gasteiger partial charge in [-0.15, -0.1) is 0 Å². The second-order valence-electron chi connectivity index (χ2n) is 2.59. The summed E-state index contributed by atoms with van der Waals surface area (Å²) in [6, 6.07) is 0. The quantitative estimate of drug-likeness (QED) is 0.606. The van der Waals surface area contributed by atoms with Crippen molar-refractivity contribution in [3.05, 3.63) is 23.4 Å². The van der Waals surface area contributed by atoms with Crippen LogP contribution in [-0.4, -0.2) is 12.9 Å². The molecule has 0 aromatic carbocycles. The van der Waals surface area contributed by atoms with Gasteiger partial charge in [0.2, 0.25) is 0 Å². The SMILES string of the molecule is CC/C=C1/C=C(C)NC1=NC.